The number of nitrogens with one attached hydrogen (secondary N) is 2. The molecule has 0 aromatic carbocycles. The Morgan fingerprint density at radius 1 is 1.00 bits per heavy atom. The van der Waals surface area contributed by atoms with Crippen LogP contribution in [0.2, 0.25) is 0 Å². The van der Waals surface area contributed by atoms with Gasteiger partial charge < -0.3 is 10.6 Å². The van der Waals surface area contributed by atoms with Crippen LogP contribution in [0.15, 0.2) is 12.1 Å². The monoisotopic (exact) mass is 235 g/mol. The van der Waals surface area contributed by atoms with E-state index in [2.05, 4.69) is 62.4 Å². The van der Waals surface area contributed by atoms with Crippen molar-refractivity contribution in [2.24, 2.45) is 0 Å². The summed E-state index contributed by atoms with van der Waals surface area (Å²) in [5, 5.41) is 6.83. The summed E-state index contributed by atoms with van der Waals surface area (Å²) in [6.45, 7) is 10.8. The first-order valence-corrected chi connectivity index (χ1v) is 6.56. The zero-order chi connectivity index (χ0) is 12.8. The smallest absolute Gasteiger partial charge is 0.128 e. The molecule has 2 atom stereocenters. The predicted molar refractivity (Wildman–Crippen MR) is 75.7 cm³/mol. The maximum atomic E-state index is 4.59. The highest BCUT2D eigenvalue weighted by atomic mass is 15.1. The van der Waals surface area contributed by atoms with E-state index in [0.29, 0.717) is 12.1 Å². The van der Waals surface area contributed by atoms with E-state index < -0.39 is 0 Å². The molecule has 17 heavy (non-hydrogen) atoms. The molecule has 0 aliphatic carbocycles. The number of pyridine rings is 1. The molecule has 0 fully saturated rings. The van der Waals surface area contributed by atoms with Crippen LogP contribution in [0.5, 0.6) is 0 Å². The predicted octanol–water partition coefficient (Wildman–Crippen LogP) is 3.81. The van der Waals surface area contributed by atoms with E-state index in [4.69, 9.17) is 0 Å². The highest BCUT2D eigenvalue weighted by molar-refractivity contribution is 5.49. The molecule has 2 unspecified atom stereocenters. The van der Waals surface area contributed by atoms with Crippen molar-refractivity contribution < 1.29 is 0 Å². The van der Waals surface area contributed by atoms with Crippen LogP contribution in [0.25, 0.3) is 0 Å². The lowest BCUT2D eigenvalue weighted by atomic mass is 10.2. The second-order valence-corrected chi connectivity index (χ2v) is 4.82. The van der Waals surface area contributed by atoms with Gasteiger partial charge in [-0.25, -0.2) is 4.98 Å². The van der Waals surface area contributed by atoms with E-state index in [9.17, 15) is 0 Å². The third-order valence-corrected chi connectivity index (χ3v) is 2.98. The lowest BCUT2D eigenvalue weighted by Gasteiger charge is -2.16. The molecule has 0 bridgehead atoms. The highest BCUT2D eigenvalue weighted by Crippen LogP contribution is 2.16. The first kappa shape index (κ1) is 13.8. The standard InChI is InChI=1S/C14H25N3/c1-6-11(4)15-13-8-10(3)9-14(17-13)16-12(5)7-2/h8-9,11-12H,6-7H2,1-5H3,(H2,15,16,17). The number of nitrogens with zero attached hydrogens (tertiary/aromatic N) is 1. The fourth-order valence-corrected chi connectivity index (χ4v) is 1.52. The van der Waals surface area contributed by atoms with Gasteiger partial charge in [0.25, 0.3) is 0 Å². The summed E-state index contributed by atoms with van der Waals surface area (Å²) >= 11 is 0. The Bertz CT molecular complexity index is 319. The molecule has 3 heteroatoms. The number of anilines is 2. The molecule has 0 radical (unpaired) electrons. The van der Waals surface area contributed by atoms with Crippen molar-refractivity contribution in [2.45, 2.75) is 59.5 Å². The zero-order valence-corrected chi connectivity index (χ0v) is 11.7. The summed E-state index contributed by atoms with van der Waals surface area (Å²) in [6, 6.07) is 5.10. The quantitative estimate of drug-likeness (QED) is 0.787. The van der Waals surface area contributed by atoms with Crippen molar-refractivity contribution in [3.05, 3.63) is 17.7 Å². The Labute approximate surface area is 105 Å². The van der Waals surface area contributed by atoms with Gasteiger partial charge in [-0.1, -0.05) is 13.8 Å². The van der Waals surface area contributed by atoms with Crippen molar-refractivity contribution in [2.75, 3.05) is 10.6 Å². The van der Waals surface area contributed by atoms with Crippen molar-refractivity contribution in [1.82, 2.24) is 4.98 Å². The topological polar surface area (TPSA) is 37.0 Å². The van der Waals surface area contributed by atoms with Crippen molar-refractivity contribution in [3.63, 3.8) is 0 Å². The van der Waals surface area contributed by atoms with Gasteiger partial charge in [0.05, 0.1) is 0 Å². The van der Waals surface area contributed by atoms with Gasteiger partial charge in [0.15, 0.2) is 0 Å². The summed E-state index contributed by atoms with van der Waals surface area (Å²) in [7, 11) is 0. The SMILES string of the molecule is CCC(C)Nc1cc(C)cc(NC(C)CC)n1. The molecule has 0 saturated heterocycles. The molecule has 0 spiro atoms. The van der Waals surface area contributed by atoms with E-state index >= 15 is 0 Å². The Morgan fingerprint density at radius 3 is 1.76 bits per heavy atom. The van der Waals surface area contributed by atoms with Crippen LogP contribution >= 0.6 is 0 Å². The number of hydrogen-bond donors (Lipinski definition) is 2. The van der Waals surface area contributed by atoms with Gasteiger partial charge in [-0.05, 0) is 51.3 Å². The lowest BCUT2D eigenvalue weighted by molar-refractivity contribution is 0.751. The zero-order valence-electron chi connectivity index (χ0n) is 11.7. The summed E-state index contributed by atoms with van der Waals surface area (Å²) in [5.74, 6) is 1.93. The largest absolute Gasteiger partial charge is 0.368 e. The fourth-order valence-electron chi connectivity index (χ4n) is 1.52. The van der Waals surface area contributed by atoms with Crippen molar-refractivity contribution in [1.29, 1.82) is 0 Å². The van der Waals surface area contributed by atoms with Crippen molar-refractivity contribution in [3.8, 4) is 0 Å². The molecular weight excluding hydrogens is 210 g/mol. The molecule has 1 rings (SSSR count). The van der Waals surface area contributed by atoms with Gasteiger partial charge in [-0.2, -0.15) is 0 Å². The molecule has 0 aliphatic rings. The second kappa shape index (κ2) is 6.48. The summed E-state index contributed by atoms with van der Waals surface area (Å²) in [4.78, 5) is 4.59. The summed E-state index contributed by atoms with van der Waals surface area (Å²) in [6.07, 6.45) is 2.20. The van der Waals surface area contributed by atoms with E-state index in [-0.39, 0.29) is 0 Å². The molecule has 96 valence electrons. The van der Waals surface area contributed by atoms with E-state index in [1.165, 1.54) is 5.56 Å². The molecule has 2 N–H and O–H groups in total. The number of hydrogen-bond acceptors (Lipinski definition) is 3. The average Bonchev–Trinajstić information content (AvgIpc) is 2.27. The minimum Gasteiger partial charge on any atom is -0.368 e. The molecule has 1 aromatic heterocycles. The van der Waals surface area contributed by atoms with Crippen LogP contribution < -0.4 is 10.6 Å². The Balaban J connectivity index is 2.79. The molecule has 0 aliphatic heterocycles. The number of rotatable bonds is 6. The van der Waals surface area contributed by atoms with Crippen LogP contribution in [0.3, 0.4) is 0 Å². The lowest BCUT2D eigenvalue weighted by Crippen LogP contribution is -2.17. The molecule has 1 aromatic rings. The molecule has 0 amide bonds. The van der Waals surface area contributed by atoms with Gasteiger partial charge in [-0.15, -0.1) is 0 Å². The maximum absolute atomic E-state index is 4.59. The van der Waals surface area contributed by atoms with Gasteiger partial charge in [0.1, 0.15) is 11.6 Å². The second-order valence-electron chi connectivity index (χ2n) is 4.82. The van der Waals surface area contributed by atoms with E-state index in [1.54, 1.807) is 0 Å². The van der Waals surface area contributed by atoms with E-state index in [0.717, 1.165) is 24.5 Å². The van der Waals surface area contributed by atoms with Crippen molar-refractivity contribution >= 4 is 11.6 Å². The third-order valence-electron chi connectivity index (χ3n) is 2.98. The molecular formula is C14H25N3. The van der Waals surface area contributed by atoms with Crippen LogP contribution in [0, 0.1) is 6.92 Å². The Hall–Kier alpha value is -1.25. The summed E-state index contributed by atoms with van der Waals surface area (Å²) in [5.41, 5.74) is 1.23. The number of aryl methyl sites for hydroxylation is 1. The third kappa shape index (κ3) is 4.63. The van der Waals surface area contributed by atoms with Crippen LogP contribution in [0.4, 0.5) is 11.6 Å². The first-order chi connectivity index (χ1) is 8.05. The minimum absolute atomic E-state index is 0.459. The molecule has 3 nitrogen and oxygen atoms in total. The fraction of sp³-hybridized carbons (Fsp3) is 0.643. The average molecular weight is 235 g/mol. The number of aromatic nitrogens is 1. The van der Waals surface area contributed by atoms with Crippen LogP contribution in [-0.4, -0.2) is 17.1 Å². The Morgan fingerprint density at radius 2 is 1.41 bits per heavy atom. The first-order valence-electron chi connectivity index (χ1n) is 6.56. The summed E-state index contributed by atoms with van der Waals surface area (Å²) < 4.78 is 0. The van der Waals surface area contributed by atoms with E-state index in [1.807, 2.05) is 0 Å². The maximum Gasteiger partial charge on any atom is 0.128 e. The molecule has 0 saturated carbocycles. The highest BCUT2D eigenvalue weighted by Gasteiger charge is 2.05. The van der Waals surface area contributed by atoms with Crippen LogP contribution in [-0.2, 0) is 0 Å². The van der Waals surface area contributed by atoms with Gasteiger partial charge >= 0.3 is 0 Å². The molecule has 1 heterocycles. The Kier molecular flexibility index (Phi) is 5.26. The van der Waals surface area contributed by atoms with Gasteiger partial charge in [0, 0.05) is 12.1 Å². The minimum atomic E-state index is 0.459. The van der Waals surface area contributed by atoms with Crippen LogP contribution in [0.1, 0.15) is 46.1 Å². The van der Waals surface area contributed by atoms with Gasteiger partial charge in [0.2, 0.25) is 0 Å². The normalized spacial score (nSPS) is 14.2. The van der Waals surface area contributed by atoms with Gasteiger partial charge in [-0.3, -0.25) is 0 Å².